The molecule has 0 bridgehead atoms. The van der Waals surface area contributed by atoms with E-state index in [0.29, 0.717) is 6.42 Å². The van der Waals surface area contributed by atoms with Crippen molar-refractivity contribution >= 4 is 6.09 Å². The second-order valence-corrected chi connectivity index (χ2v) is 4.77. The summed E-state index contributed by atoms with van der Waals surface area (Å²) >= 11 is 0. The molecule has 0 aromatic carbocycles. The van der Waals surface area contributed by atoms with Gasteiger partial charge in [0.2, 0.25) is 0 Å². The van der Waals surface area contributed by atoms with Crippen LogP contribution in [-0.2, 0) is 4.74 Å². The maximum absolute atomic E-state index is 11.3. The van der Waals surface area contributed by atoms with E-state index in [-0.39, 0.29) is 17.9 Å². The van der Waals surface area contributed by atoms with Gasteiger partial charge in [-0.3, -0.25) is 0 Å². The molecule has 0 unspecified atom stereocenters. The first-order valence-electron chi connectivity index (χ1n) is 5.57. The van der Waals surface area contributed by atoms with Gasteiger partial charge < -0.3 is 19.8 Å². The lowest BCUT2D eigenvalue weighted by molar-refractivity contribution is -0.0116. The van der Waals surface area contributed by atoms with Crippen molar-refractivity contribution in [3.63, 3.8) is 0 Å². The molecular weight excluding hydrogens is 210 g/mol. The number of hydrogen-bond acceptors (Lipinski definition) is 4. The number of hydrogen-bond donors (Lipinski definition) is 2. The Bertz CT molecular complexity index is 256. The minimum absolute atomic E-state index is 0.0205. The fraction of sp³-hybridized carbons (Fsp3) is 0.909. The average molecular weight is 231 g/mol. The number of likely N-dealkylation sites (N-methyl/N-ethyl adjacent to an activating group) is 1. The summed E-state index contributed by atoms with van der Waals surface area (Å²) in [6, 6.07) is -0.366. The van der Waals surface area contributed by atoms with Gasteiger partial charge in [0.05, 0.1) is 19.3 Å². The summed E-state index contributed by atoms with van der Waals surface area (Å²) in [4.78, 5) is 12.7. The first kappa shape index (κ1) is 13.3. The molecule has 5 nitrogen and oxygen atoms in total. The lowest BCUT2D eigenvalue weighted by atomic mass is 9.92. The zero-order valence-electron chi connectivity index (χ0n) is 10.3. The van der Waals surface area contributed by atoms with Gasteiger partial charge in [-0.05, 0) is 18.3 Å². The predicted molar refractivity (Wildman–Crippen MR) is 58.9 cm³/mol. The number of aliphatic hydroxyl groups is 2. The molecular formula is C11H21NO4. The molecule has 0 aromatic heterocycles. The number of methoxy groups -OCH3 is 1. The summed E-state index contributed by atoms with van der Waals surface area (Å²) in [5.41, 5.74) is 0. The molecule has 0 radical (unpaired) electrons. The Balaban J connectivity index is 2.74. The highest BCUT2D eigenvalue weighted by Gasteiger charge is 2.45. The van der Waals surface area contributed by atoms with Crippen LogP contribution in [0.15, 0.2) is 0 Å². The van der Waals surface area contributed by atoms with Crippen LogP contribution in [0.1, 0.15) is 20.3 Å². The molecule has 1 aliphatic rings. The Hall–Kier alpha value is -0.810. The third-order valence-corrected chi connectivity index (χ3v) is 3.51. The zero-order chi connectivity index (χ0) is 12.5. The van der Waals surface area contributed by atoms with Crippen molar-refractivity contribution < 1.29 is 19.7 Å². The highest BCUT2D eigenvalue weighted by atomic mass is 16.5. The quantitative estimate of drug-likeness (QED) is 0.724. The van der Waals surface area contributed by atoms with E-state index in [9.17, 15) is 15.0 Å². The highest BCUT2D eigenvalue weighted by molar-refractivity contribution is 5.67. The van der Waals surface area contributed by atoms with Crippen molar-refractivity contribution in [2.75, 3.05) is 14.2 Å². The van der Waals surface area contributed by atoms with Crippen LogP contribution in [-0.4, -0.2) is 53.6 Å². The van der Waals surface area contributed by atoms with Gasteiger partial charge in [-0.25, -0.2) is 4.79 Å². The Morgan fingerprint density at radius 2 is 1.94 bits per heavy atom. The summed E-state index contributed by atoms with van der Waals surface area (Å²) in [5.74, 6) is 0.299. The number of amides is 1. The first-order valence-corrected chi connectivity index (χ1v) is 5.57. The van der Waals surface area contributed by atoms with Crippen LogP contribution in [0, 0.1) is 11.8 Å². The summed E-state index contributed by atoms with van der Waals surface area (Å²) < 4.78 is 4.60. The van der Waals surface area contributed by atoms with Crippen molar-refractivity contribution in [1.82, 2.24) is 4.90 Å². The molecule has 94 valence electrons. The number of rotatable bonds is 2. The van der Waals surface area contributed by atoms with Crippen molar-refractivity contribution in [1.29, 1.82) is 0 Å². The lowest BCUT2D eigenvalue weighted by Gasteiger charge is -2.26. The van der Waals surface area contributed by atoms with Crippen LogP contribution < -0.4 is 0 Å². The average Bonchev–Trinajstić information content (AvgIpc) is 2.54. The monoisotopic (exact) mass is 231 g/mol. The molecule has 16 heavy (non-hydrogen) atoms. The molecule has 0 aromatic rings. The van der Waals surface area contributed by atoms with Crippen LogP contribution >= 0.6 is 0 Å². The van der Waals surface area contributed by atoms with Gasteiger partial charge in [0.15, 0.2) is 0 Å². The van der Waals surface area contributed by atoms with E-state index in [0.717, 1.165) is 0 Å². The molecule has 5 heteroatoms. The molecule has 0 aliphatic heterocycles. The zero-order valence-corrected chi connectivity index (χ0v) is 10.3. The maximum Gasteiger partial charge on any atom is 0.409 e. The van der Waals surface area contributed by atoms with Gasteiger partial charge in [0.1, 0.15) is 6.10 Å². The largest absolute Gasteiger partial charge is 0.453 e. The second-order valence-electron chi connectivity index (χ2n) is 4.77. The van der Waals surface area contributed by atoms with E-state index >= 15 is 0 Å². The van der Waals surface area contributed by atoms with Crippen molar-refractivity contribution in [3.8, 4) is 0 Å². The summed E-state index contributed by atoms with van der Waals surface area (Å²) in [5, 5.41) is 19.8. The van der Waals surface area contributed by atoms with Gasteiger partial charge in [-0.1, -0.05) is 13.8 Å². The molecule has 0 heterocycles. The SMILES string of the molecule is COC(=O)N(C)[C@H]1C[C@@H](C(C)C)[C@H](O)[C@@H]1O. The molecule has 1 fully saturated rings. The Morgan fingerprint density at radius 1 is 1.38 bits per heavy atom. The summed E-state index contributed by atoms with van der Waals surface area (Å²) in [7, 11) is 2.88. The van der Waals surface area contributed by atoms with E-state index in [4.69, 9.17) is 0 Å². The van der Waals surface area contributed by atoms with Crippen LogP contribution in [0.3, 0.4) is 0 Å². The molecule has 1 aliphatic carbocycles. The maximum atomic E-state index is 11.3. The van der Waals surface area contributed by atoms with Gasteiger partial charge in [-0.15, -0.1) is 0 Å². The topological polar surface area (TPSA) is 70.0 Å². The smallest absolute Gasteiger partial charge is 0.409 e. The van der Waals surface area contributed by atoms with Gasteiger partial charge in [0.25, 0.3) is 0 Å². The number of carbonyl (C=O) groups excluding carboxylic acids is 1. The van der Waals surface area contributed by atoms with E-state index in [1.807, 2.05) is 13.8 Å². The number of nitrogens with zero attached hydrogens (tertiary/aromatic N) is 1. The fourth-order valence-electron chi connectivity index (χ4n) is 2.37. The van der Waals surface area contributed by atoms with Crippen molar-refractivity contribution in [2.45, 2.75) is 38.5 Å². The van der Waals surface area contributed by atoms with Crippen LogP contribution in [0.25, 0.3) is 0 Å². The predicted octanol–water partition coefficient (Wildman–Crippen LogP) is 0.451. The van der Waals surface area contributed by atoms with Crippen LogP contribution in [0.4, 0.5) is 4.79 Å². The first-order chi connectivity index (χ1) is 7.40. The number of carbonyl (C=O) groups is 1. The Labute approximate surface area is 96.0 Å². The van der Waals surface area contributed by atoms with Crippen LogP contribution in [0.5, 0.6) is 0 Å². The molecule has 1 amide bonds. The summed E-state index contributed by atoms with van der Waals surface area (Å²) in [6.45, 7) is 4.00. The van der Waals surface area contributed by atoms with Crippen molar-refractivity contribution in [3.05, 3.63) is 0 Å². The molecule has 1 rings (SSSR count). The third kappa shape index (κ3) is 2.30. The van der Waals surface area contributed by atoms with E-state index < -0.39 is 18.3 Å². The van der Waals surface area contributed by atoms with Crippen LogP contribution in [0.2, 0.25) is 0 Å². The van der Waals surface area contributed by atoms with E-state index in [1.165, 1.54) is 12.0 Å². The normalized spacial score (nSPS) is 34.2. The lowest BCUT2D eigenvalue weighted by Crippen LogP contribution is -2.44. The van der Waals surface area contributed by atoms with E-state index in [2.05, 4.69) is 4.74 Å². The Kier molecular flexibility index (Phi) is 4.15. The van der Waals surface area contributed by atoms with Gasteiger partial charge in [0, 0.05) is 7.05 Å². The molecule has 0 saturated heterocycles. The van der Waals surface area contributed by atoms with Gasteiger partial charge in [-0.2, -0.15) is 0 Å². The summed E-state index contributed by atoms with van der Waals surface area (Å²) in [6.07, 6.45) is -1.54. The minimum Gasteiger partial charge on any atom is -0.453 e. The van der Waals surface area contributed by atoms with Crippen molar-refractivity contribution in [2.24, 2.45) is 11.8 Å². The minimum atomic E-state index is -0.892. The Morgan fingerprint density at radius 3 is 2.31 bits per heavy atom. The standard InChI is InChI=1S/C11H21NO4/c1-6(2)7-5-8(10(14)9(7)13)12(3)11(15)16-4/h6-10,13-14H,5H2,1-4H3/t7-,8-,9-,10+/m0/s1. The molecule has 0 spiro atoms. The second kappa shape index (κ2) is 5.01. The molecule has 1 saturated carbocycles. The fourth-order valence-corrected chi connectivity index (χ4v) is 2.37. The third-order valence-electron chi connectivity index (χ3n) is 3.51. The van der Waals surface area contributed by atoms with E-state index in [1.54, 1.807) is 7.05 Å². The molecule has 2 N–H and O–H groups in total. The number of ether oxygens (including phenoxy) is 1. The highest BCUT2D eigenvalue weighted by Crippen LogP contribution is 2.34. The number of aliphatic hydroxyl groups excluding tert-OH is 2. The molecule has 4 atom stereocenters. The van der Waals surface area contributed by atoms with Gasteiger partial charge >= 0.3 is 6.09 Å².